The number of halogens is 2. The number of rotatable bonds is 5. The second kappa shape index (κ2) is 7.77. The maximum atomic E-state index is 13.7. The smallest absolute Gasteiger partial charge is 0.263 e. The molecule has 0 saturated carbocycles. The van der Waals surface area contributed by atoms with Gasteiger partial charge in [-0.2, -0.15) is 0 Å². The van der Waals surface area contributed by atoms with Crippen molar-refractivity contribution in [2.45, 2.75) is 4.90 Å². The minimum Gasteiger partial charge on any atom is -0.319 e. The molecule has 3 aromatic rings. The largest absolute Gasteiger partial charge is 0.319 e. The summed E-state index contributed by atoms with van der Waals surface area (Å²) in [4.78, 5) is 12.1. The molecule has 27 heavy (non-hydrogen) atoms. The Morgan fingerprint density at radius 3 is 2.30 bits per heavy atom. The highest BCUT2D eigenvalue weighted by molar-refractivity contribution is 7.92. The normalized spacial score (nSPS) is 11.0. The number of para-hydroxylation sites is 2. The van der Waals surface area contributed by atoms with Gasteiger partial charge in [0.15, 0.2) is 0 Å². The van der Waals surface area contributed by atoms with Gasteiger partial charge in [-0.25, -0.2) is 12.8 Å². The molecule has 0 radical (unpaired) electrons. The molecule has 0 atom stereocenters. The molecule has 0 aliphatic heterocycles. The second-order valence-corrected chi connectivity index (χ2v) is 7.61. The van der Waals surface area contributed by atoms with Gasteiger partial charge in [-0.3, -0.25) is 9.52 Å². The van der Waals surface area contributed by atoms with Crippen molar-refractivity contribution in [3.63, 3.8) is 0 Å². The van der Waals surface area contributed by atoms with Crippen LogP contribution in [0.25, 0.3) is 0 Å². The molecular formula is C19H14ClFN2O3S. The van der Waals surface area contributed by atoms with E-state index in [2.05, 4.69) is 10.0 Å². The lowest BCUT2D eigenvalue weighted by Crippen LogP contribution is -2.16. The topological polar surface area (TPSA) is 75.3 Å². The number of anilines is 2. The third-order valence-electron chi connectivity index (χ3n) is 3.63. The summed E-state index contributed by atoms with van der Waals surface area (Å²) in [5, 5.41) is 2.36. The van der Waals surface area contributed by atoms with Gasteiger partial charge in [0.05, 0.1) is 10.7 Å². The van der Waals surface area contributed by atoms with Crippen molar-refractivity contribution in [1.82, 2.24) is 0 Å². The second-order valence-electron chi connectivity index (χ2n) is 5.55. The quantitative estimate of drug-likeness (QED) is 0.655. The maximum absolute atomic E-state index is 13.7. The van der Waals surface area contributed by atoms with Crippen molar-refractivity contribution in [2.24, 2.45) is 0 Å². The summed E-state index contributed by atoms with van der Waals surface area (Å²) in [6.07, 6.45) is 0. The number of carbonyl (C=O) groups excluding carboxylic acids is 1. The number of amides is 1. The molecule has 3 aromatic carbocycles. The minimum absolute atomic E-state index is 0.00994. The van der Waals surface area contributed by atoms with Crippen LogP contribution in [0.3, 0.4) is 0 Å². The highest BCUT2D eigenvalue weighted by Crippen LogP contribution is 2.25. The summed E-state index contributed by atoms with van der Waals surface area (Å²) in [6.45, 7) is 0. The van der Waals surface area contributed by atoms with E-state index in [1.165, 1.54) is 30.3 Å². The zero-order valence-electron chi connectivity index (χ0n) is 13.8. The average Bonchev–Trinajstić information content (AvgIpc) is 2.64. The summed E-state index contributed by atoms with van der Waals surface area (Å²) in [7, 11) is -4.02. The molecule has 0 bridgehead atoms. The Hall–Kier alpha value is -2.90. The number of hydrogen-bond acceptors (Lipinski definition) is 3. The minimum atomic E-state index is -4.02. The molecule has 2 N–H and O–H groups in total. The van der Waals surface area contributed by atoms with Gasteiger partial charge in [-0.05, 0) is 42.5 Å². The molecule has 0 aliphatic carbocycles. The van der Waals surface area contributed by atoms with Crippen LogP contribution in [-0.2, 0) is 10.0 Å². The molecule has 0 aliphatic rings. The standard InChI is InChI=1S/C19H14ClFN2O3S/c20-15-11-10-13(19(24)22-17-9-5-4-8-16(17)21)12-18(15)27(25,26)23-14-6-2-1-3-7-14/h1-12,23H,(H,22,24). The molecule has 0 spiro atoms. The molecule has 0 heterocycles. The Labute approximate surface area is 160 Å². The summed E-state index contributed by atoms with van der Waals surface area (Å²) < 4.78 is 41.3. The first kappa shape index (κ1) is 18.9. The zero-order valence-corrected chi connectivity index (χ0v) is 15.4. The van der Waals surface area contributed by atoms with Gasteiger partial charge < -0.3 is 5.32 Å². The van der Waals surface area contributed by atoms with E-state index < -0.39 is 21.7 Å². The molecule has 1 amide bonds. The van der Waals surface area contributed by atoms with Crippen molar-refractivity contribution < 1.29 is 17.6 Å². The van der Waals surface area contributed by atoms with Gasteiger partial charge >= 0.3 is 0 Å². The first-order valence-electron chi connectivity index (χ1n) is 7.80. The lowest BCUT2D eigenvalue weighted by molar-refractivity contribution is 0.102. The molecule has 138 valence electrons. The number of benzene rings is 3. The van der Waals surface area contributed by atoms with E-state index in [1.54, 1.807) is 36.4 Å². The van der Waals surface area contributed by atoms with E-state index in [4.69, 9.17) is 11.6 Å². The van der Waals surface area contributed by atoms with Crippen molar-refractivity contribution in [3.05, 3.63) is 89.2 Å². The van der Waals surface area contributed by atoms with Crippen LogP contribution in [0.4, 0.5) is 15.8 Å². The van der Waals surface area contributed by atoms with Crippen LogP contribution in [0.1, 0.15) is 10.4 Å². The molecule has 0 unspecified atom stereocenters. The summed E-state index contributed by atoms with van der Waals surface area (Å²) in [5.41, 5.74) is 0.370. The van der Waals surface area contributed by atoms with Gasteiger partial charge in [0.1, 0.15) is 10.7 Å². The predicted octanol–water partition coefficient (Wildman–Crippen LogP) is 4.53. The fourth-order valence-electron chi connectivity index (χ4n) is 2.32. The Bertz CT molecular complexity index is 1090. The average molecular weight is 405 g/mol. The highest BCUT2D eigenvalue weighted by Gasteiger charge is 2.21. The lowest BCUT2D eigenvalue weighted by atomic mass is 10.2. The van der Waals surface area contributed by atoms with E-state index in [0.29, 0.717) is 5.69 Å². The molecule has 0 fully saturated rings. The van der Waals surface area contributed by atoms with Gasteiger partial charge in [-0.1, -0.05) is 41.9 Å². The molecule has 5 nitrogen and oxygen atoms in total. The SMILES string of the molecule is O=C(Nc1ccccc1F)c1ccc(Cl)c(S(=O)(=O)Nc2ccccc2)c1. The van der Waals surface area contributed by atoms with Crippen molar-refractivity contribution in [3.8, 4) is 0 Å². The van der Waals surface area contributed by atoms with Gasteiger partial charge in [0, 0.05) is 11.3 Å². The van der Waals surface area contributed by atoms with Crippen LogP contribution in [0.15, 0.2) is 77.7 Å². The fourth-order valence-corrected chi connectivity index (χ4v) is 3.91. The number of hydrogen-bond donors (Lipinski definition) is 2. The summed E-state index contributed by atoms with van der Waals surface area (Å²) in [6, 6.07) is 17.7. The van der Waals surface area contributed by atoms with Gasteiger partial charge in [0.2, 0.25) is 0 Å². The van der Waals surface area contributed by atoms with Crippen molar-refractivity contribution in [2.75, 3.05) is 10.0 Å². The summed E-state index contributed by atoms with van der Waals surface area (Å²) in [5.74, 6) is -1.26. The van der Waals surface area contributed by atoms with Crippen LogP contribution >= 0.6 is 11.6 Å². The van der Waals surface area contributed by atoms with Crippen molar-refractivity contribution >= 4 is 38.9 Å². The zero-order chi connectivity index (χ0) is 19.4. The third-order valence-corrected chi connectivity index (χ3v) is 5.49. The van der Waals surface area contributed by atoms with Crippen molar-refractivity contribution in [1.29, 1.82) is 0 Å². The Balaban J connectivity index is 1.90. The van der Waals surface area contributed by atoms with E-state index >= 15 is 0 Å². The van der Waals surface area contributed by atoms with E-state index in [9.17, 15) is 17.6 Å². The Kier molecular flexibility index (Phi) is 5.43. The third kappa shape index (κ3) is 4.45. The monoisotopic (exact) mass is 404 g/mol. The molecule has 0 aromatic heterocycles. The Morgan fingerprint density at radius 1 is 0.926 bits per heavy atom. The first-order valence-corrected chi connectivity index (χ1v) is 9.66. The van der Waals surface area contributed by atoms with Gasteiger partial charge in [0.25, 0.3) is 15.9 Å². The van der Waals surface area contributed by atoms with Crippen LogP contribution in [0, 0.1) is 5.82 Å². The molecular weight excluding hydrogens is 391 g/mol. The Morgan fingerprint density at radius 2 is 1.59 bits per heavy atom. The van der Waals surface area contributed by atoms with Crippen LogP contribution in [0.2, 0.25) is 5.02 Å². The van der Waals surface area contributed by atoms with Crippen LogP contribution in [-0.4, -0.2) is 14.3 Å². The molecule has 8 heteroatoms. The molecule has 3 rings (SSSR count). The van der Waals surface area contributed by atoms with E-state index in [1.807, 2.05) is 0 Å². The van der Waals surface area contributed by atoms with Gasteiger partial charge in [-0.15, -0.1) is 0 Å². The lowest BCUT2D eigenvalue weighted by Gasteiger charge is -2.11. The first-order chi connectivity index (χ1) is 12.9. The number of nitrogens with one attached hydrogen (secondary N) is 2. The fraction of sp³-hybridized carbons (Fsp3) is 0. The van der Waals surface area contributed by atoms with Crippen LogP contribution < -0.4 is 10.0 Å². The number of carbonyl (C=O) groups is 1. The highest BCUT2D eigenvalue weighted by atomic mass is 35.5. The molecule has 0 saturated heterocycles. The predicted molar refractivity (Wildman–Crippen MR) is 103 cm³/mol. The van der Waals surface area contributed by atoms with Crippen LogP contribution in [0.5, 0.6) is 0 Å². The van der Waals surface area contributed by atoms with E-state index in [-0.39, 0.29) is 21.2 Å². The summed E-state index contributed by atoms with van der Waals surface area (Å²) >= 11 is 6.03. The maximum Gasteiger partial charge on any atom is 0.263 e. The number of sulfonamides is 1. The van der Waals surface area contributed by atoms with E-state index in [0.717, 1.165) is 6.07 Å².